The molecule has 4 nitrogen and oxygen atoms in total. The van der Waals surface area contributed by atoms with Crippen molar-refractivity contribution in [3.63, 3.8) is 0 Å². The number of unbranched alkanes of at least 4 members (excludes halogenated alkanes) is 2. The second-order valence-electron chi connectivity index (χ2n) is 3.98. The molecule has 0 radical (unpaired) electrons. The van der Waals surface area contributed by atoms with E-state index >= 15 is 0 Å². The van der Waals surface area contributed by atoms with Crippen molar-refractivity contribution in [2.24, 2.45) is 11.5 Å². The molecule has 0 saturated carbocycles. The molecule has 0 unspecified atom stereocenters. The van der Waals surface area contributed by atoms with Gasteiger partial charge < -0.3 is 20.9 Å². The summed E-state index contributed by atoms with van der Waals surface area (Å²) in [5, 5.41) is 0. The monoisotopic (exact) mass is 260 g/mol. The van der Waals surface area contributed by atoms with Gasteiger partial charge in [0.05, 0.1) is 0 Å². The van der Waals surface area contributed by atoms with Crippen LogP contribution >= 0.6 is 0 Å². The Hall–Kier alpha value is -0.420. The summed E-state index contributed by atoms with van der Waals surface area (Å²) in [4.78, 5) is 0. The number of allylic oxidation sites excluding steroid dienone is 1. The fourth-order valence-electron chi connectivity index (χ4n) is 1.16. The van der Waals surface area contributed by atoms with Gasteiger partial charge in [0.15, 0.2) is 0 Å². The highest BCUT2D eigenvalue weighted by molar-refractivity contribution is 4.51. The molecule has 0 heterocycles. The Morgan fingerprint density at radius 2 is 1.11 bits per heavy atom. The molecule has 0 aromatic heterocycles. The van der Waals surface area contributed by atoms with Gasteiger partial charge in [-0.3, -0.25) is 0 Å². The van der Waals surface area contributed by atoms with Gasteiger partial charge in [-0.15, -0.1) is 6.58 Å². The maximum Gasteiger partial charge on any atom is 0.0478 e. The lowest BCUT2D eigenvalue weighted by atomic mass is 10.2. The normalized spacial score (nSPS) is 9.72. The molecule has 110 valence electrons. The Morgan fingerprint density at radius 1 is 0.778 bits per heavy atom. The van der Waals surface area contributed by atoms with Crippen LogP contribution in [0.25, 0.3) is 0 Å². The fraction of sp³-hybridized carbons (Fsp3) is 0.857. The zero-order valence-corrected chi connectivity index (χ0v) is 12.0. The Bertz CT molecular complexity index is 132. The zero-order chi connectivity index (χ0) is 13.9. The highest BCUT2D eigenvalue weighted by Crippen LogP contribution is 1.97. The Morgan fingerprint density at radius 3 is 1.44 bits per heavy atom. The first-order valence-electron chi connectivity index (χ1n) is 6.96. The molecule has 0 saturated heterocycles. The highest BCUT2D eigenvalue weighted by atomic mass is 16.5. The zero-order valence-electron chi connectivity index (χ0n) is 12.0. The summed E-state index contributed by atoms with van der Waals surface area (Å²) in [5.74, 6) is 0. The van der Waals surface area contributed by atoms with E-state index < -0.39 is 0 Å². The number of hydrogen-bond donors (Lipinski definition) is 2. The lowest BCUT2D eigenvalue weighted by Crippen LogP contribution is -2.06. The van der Waals surface area contributed by atoms with Gasteiger partial charge in [-0.25, -0.2) is 0 Å². The highest BCUT2D eigenvalue weighted by Gasteiger charge is 1.91. The van der Waals surface area contributed by atoms with Gasteiger partial charge in [-0.1, -0.05) is 6.08 Å². The predicted molar refractivity (Wildman–Crippen MR) is 78.7 cm³/mol. The maximum absolute atomic E-state index is 5.38. The number of nitrogens with two attached hydrogens (primary N) is 2. The van der Waals surface area contributed by atoms with Crippen LogP contribution in [0, 0.1) is 0 Å². The van der Waals surface area contributed by atoms with Crippen molar-refractivity contribution in [1.29, 1.82) is 0 Å². The SMILES string of the molecule is C=CC.NCCCOCCCCCOCCCN. The van der Waals surface area contributed by atoms with Gasteiger partial charge in [-0.2, -0.15) is 0 Å². The molecule has 0 aliphatic rings. The van der Waals surface area contributed by atoms with Crippen molar-refractivity contribution in [2.75, 3.05) is 39.5 Å². The maximum atomic E-state index is 5.38. The minimum Gasteiger partial charge on any atom is -0.381 e. The van der Waals surface area contributed by atoms with E-state index in [1.165, 1.54) is 6.42 Å². The molecule has 0 fully saturated rings. The fourth-order valence-corrected chi connectivity index (χ4v) is 1.16. The molecule has 4 N–H and O–H groups in total. The van der Waals surface area contributed by atoms with Crippen LogP contribution in [0.2, 0.25) is 0 Å². The molecular weight excluding hydrogens is 228 g/mol. The van der Waals surface area contributed by atoms with E-state index in [1.54, 1.807) is 6.08 Å². The van der Waals surface area contributed by atoms with Gasteiger partial charge in [0.1, 0.15) is 0 Å². The summed E-state index contributed by atoms with van der Waals surface area (Å²) in [6, 6.07) is 0. The van der Waals surface area contributed by atoms with Gasteiger partial charge >= 0.3 is 0 Å². The first-order valence-corrected chi connectivity index (χ1v) is 6.96. The molecule has 0 aliphatic carbocycles. The summed E-state index contributed by atoms with van der Waals surface area (Å²) < 4.78 is 10.8. The lowest BCUT2D eigenvalue weighted by Gasteiger charge is -2.04. The third kappa shape index (κ3) is 24.7. The quantitative estimate of drug-likeness (QED) is 0.416. The summed E-state index contributed by atoms with van der Waals surface area (Å²) >= 11 is 0. The Labute approximate surface area is 113 Å². The molecule has 0 amide bonds. The summed E-state index contributed by atoms with van der Waals surface area (Å²) in [5.41, 5.74) is 10.7. The lowest BCUT2D eigenvalue weighted by molar-refractivity contribution is 0.114. The minimum absolute atomic E-state index is 0.717. The molecule has 0 aromatic carbocycles. The van der Waals surface area contributed by atoms with Crippen LogP contribution in [-0.2, 0) is 9.47 Å². The Kier molecular flexibility index (Phi) is 24.1. The van der Waals surface area contributed by atoms with E-state index in [0.29, 0.717) is 0 Å². The van der Waals surface area contributed by atoms with Gasteiger partial charge in [-0.05, 0) is 52.1 Å². The van der Waals surface area contributed by atoms with Gasteiger partial charge in [0.2, 0.25) is 0 Å². The van der Waals surface area contributed by atoms with E-state index in [2.05, 4.69) is 6.58 Å². The third-order valence-electron chi connectivity index (χ3n) is 2.06. The van der Waals surface area contributed by atoms with E-state index in [4.69, 9.17) is 20.9 Å². The van der Waals surface area contributed by atoms with Crippen LogP contribution in [-0.4, -0.2) is 39.5 Å². The molecule has 0 rings (SSSR count). The van der Waals surface area contributed by atoms with E-state index in [0.717, 1.165) is 65.2 Å². The minimum atomic E-state index is 0.717. The molecule has 0 bridgehead atoms. The molecule has 0 atom stereocenters. The second-order valence-corrected chi connectivity index (χ2v) is 3.98. The van der Waals surface area contributed by atoms with Crippen molar-refractivity contribution < 1.29 is 9.47 Å². The average Bonchev–Trinajstić information content (AvgIpc) is 2.37. The van der Waals surface area contributed by atoms with Crippen LogP contribution in [0.1, 0.15) is 39.0 Å². The number of hydrogen-bond acceptors (Lipinski definition) is 4. The van der Waals surface area contributed by atoms with Crippen molar-refractivity contribution in [3.8, 4) is 0 Å². The van der Waals surface area contributed by atoms with Crippen molar-refractivity contribution >= 4 is 0 Å². The van der Waals surface area contributed by atoms with E-state index in [1.807, 2.05) is 6.92 Å². The topological polar surface area (TPSA) is 70.5 Å². The van der Waals surface area contributed by atoms with Crippen LogP contribution in [0.3, 0.4) is 0 Å². The molecule has 4 heteroatoms. The number of rotatable bonds is 12. The molecule has 0 aromatic rings. The second kappa shape index (κ2) is 21.8. The molecule has 0 spiro atoms. The number of ether oxygens (including phenoxy) is 2. The van der Waals surface area contributed by atoms with Crippen molar-refractivity contribution in [1.82, 2.24) is 0 Å². The van der Waals surface area contributed by atoms with Crippen LogP contribution < -0.4 is 11.5 Å². The van der Waals surface area contributed by atoms with Crippen LogP contribution in [0.4, 0.5) is 0 Å². The van der Waals surface area contributed by atoms with Crippen LogP contribution in [0.15, 0.2) is 12.7 Å². The summed E-state index contributed by atoms with van der Waals surface area (Å²) in [7, 11) is 0. The predicted octanol–water partition coefficient (Wildman–Crippen LogP) is 2.08. The Balaban J connectivity index is 0. The summed E-state index contributed by atoms with van der Waals surface area (Å²) in [6.07, 6.45) is 7.07. The third-order valence-corrected chi connectivity index (χ3v) is 2.06. The largest absolute Gasteiger partial charge is 0.381 e. The van der Waals surface area contributed by atoms with Crippen molar-refractivity contribution in [2.45, 2.75) is 39.0 Å². The average molecular weight is 260 g/mol. The van der Waals surface area contributed by atoms with E-state index in [-0.39, 0.29) is 0 Å². The summed E-state index contributed by atoms with van der Waals surface area (Å²) in [6.45, 7) is 9.97. The van der Waals surface area contributed by atoms with Gasteiger partial charge in [0.25, 0.3) is 0 Å². The van der Waals surface area contributed by atoms with E-state index in [9.17, 15) is 0 Å². The van der Waals surface area contributed by atoms with Crippen LogP contribution in [0.5, 0.6) is 0 Å². The van der Waals surface area contributed by atoms with Gasteiger partial charge in [0, 0.05) is 26.4 Å². The first-order chi connectivity index (χ1) is 8.83. The standard InChI is InChI=1S/C11H26N2O2.C3H6/c12-6-4-10-14-8-2-1-3-9-15-11-5-7-13;1-3-2/h1-13H2;3H,1H2,2H3. The molecule has 0 aliphatic heterocycles. The smallest absolute Gasteiger partial charge is 0.0478 e. The molecular formula is C14H32N2O2. The molecule has 18 heavy (non-hydrogen) atoms. The first kappa shape index (κ1) is 19.9. The van der Waals surface area contributed by atoms with Crippen molar-refractivity contribution in [3.05, 3.63) is 12.7 Å².